The normalized spacial score (nSPS) is 13.0. The number of aromatic nitrogens is 1. The molecule has 0 spiro atoms. The molecule has 1 nitrogen and oxygen atoms in total. The molecule has 0 atom stereocenters. The summed E-state index contributed by atoms with van der Waals surface area (Å²) in [6, 6.07) is 4.39. The highest BCUT2D eigenvalue weighted by atomic mass is 14.7. The molecule has 1 rings (SSSR count). The summed E-state index contributed by atoms with van der Waals surface area (Å²) in [5.41, 5.74) is 4.01. The molecule has 0 aliphatic heterocycles. The van der Waals surface area contributed by atoms with E-state index in [4.69, 9.17) is 4.98 Å². The lowest BCUT2D eigenvalue weighted by atomic mass is 9.84. The SMILES string of the molecule is Cc1nc(C(C)(C)C)ccc1C(C)(C)C. The van der Waals surface area contributed by atoms with E-state index in [0.29, 0.717) is 0 Å². The van der Waals surface area contributed by atoms with Gasteiger partial charge in [0.25, 0.3) is 0 Å². The maximum atomic E-state index is 4.71. The Morgan fingerprint density at radius 3 is 1.73 bits per heavy atom. The van der Waals surface area contributed by atoms with Crippen molar-refractivity contribution >= 4 is 0 Å². The van der Waals surface area contributed by atoms with Crippen LogP contribution in [0.1, 0.15) is 58.5 Å². The Kier molecular flexibility index (Phi) is 2.95. The average molecular weight is 205 g/mol. The minimum Gasteiger partial charge on any atom is -0.257 e. The fourth-order valence-electron chi connectivity index (χ4n) is 1.77. The van der Waals surface area contributed by atoms with Crippen LogP contribution in [0, 0.1) is 6.92 Å². The molecular formula is C14H23N. The van der Waals surface area contributed by atoms with Crippen LogP contribution in [0.5, 0.6) is 0 Å². The van der Waals surface area contributed by atoms with Gasteiger partial charge in [-0.15, -0.1) is 0 Å². The first-order valence-corrected chi connectivity index (χ1v) is 5.61. The van der Waals surface area contributed by atoms with E-state index < -0.39 is 0 Å². The summed E-state index contributed by atoms with van der Waals surface area (Å²) >= 11 is 0. The zero-order chi connectivity index (χ0) is 11.9. The summed E-state index contributed by atoms with van der Waals surface area (Å²) in [5, 5.41) is 0. The van der Waals surface area contributed by atoms with Crippen LogP contribution in [0.2, 0.25) is 0 Å². The van der Waals surface area contributed by atoms with Gasteiger partial charge in [0.1, 0.15) is 0 Å². The Hall–Kier alpha value is -0.850. The molecule has 84 valence electrons. The van der Waals surface area contributed by atoms with Crippen LogP contribution in [-0.2, 0) is 10.8 Å². The van der Waals surface area contributed by atoms with E-state index in [1.165, 1.54) is 11.3 Å². The van der Waals surface area contributed by atoms with Crippen LogP contribution in [0.15, 0.2) is 12.1 Å². The molecule has 1 heterocycles. The summed E-state index contributed by atoms with van der Waals surface area (Å²) in [5.74, 6) is 0. The van der Waals surface area contributed by atoms with E-state index in [0.717, 1.165) is 5.69 Å². The van der Waals surface area contributed by atoms with Gasteiger partial charge in [-0.25, -0.2) is 0 Å². The summed E-state index contributed by atoms with van der Waals surface area (Å²) in [4.78, 5) is 4.71. The maximum absolute atomic E-state index is 4.71. The molecule has 0 radical (unpaired) electrons. The van der Waals surface area contributed by atoms with Gasteiger partial charge in [0, 0.05) is 16.8 Å². The summed E-state index contributed by atoms with van der Waals surface area (Å²) in [6.07, 6.45) is 0. The lowest BCUT2D eigenvalue weighted by Gasteiger charge is -2.24. The van der Waals surface area contributed by atoms with Gasteiger partial charge < -0.3 is 0 Å². The van der Waals surface area contributed by atoms with Crippen molar-refractivity contribution in [1.82, 2.24) is 4.98 Å². The number of hydrogen-bond donors (Lipinski definition) is 0. The molecule has 1 aromatic heterocycles. The molecule has 0 fully saturated rings. The van der Waals surface area contributed by atoms with Crippen molar-refractivity contribution in [2.75, 3.05) is 0 Å². The number of hydrogen-bond acceptors (Lipinski definition) is 1. The summed E-state index contributed by atoms with van der Waals surface area (Å²) in [6.45, 7) is 15.4. The first-order chi connectivity index (χ1) is 6.62. The topological polar surface area (TPSA) is 12.9 Å². The zero-order valence-electron chi connectivity index (χ0n) is 11.1. The third kappa shape index (κ3) is 2.80. The molecule has 0 aliphatic carbocycles. The molecule has 0 unspecified atom stereocenters. The Morgan fingerprint density at radius 1 is 0.867 bits per heavy atom. The molecule has 1 aromatic rings. The minimum absolute atomic E-state index is 0.140. The molecule has 0 aromatic carbocycles. The molecule has 15 heavy (non-hydrogen) atoms. The first-order valence-electron chi connectivity index (χ1n) is 5.61. The van der Waals surface area contributed by atoms with Crippen LogP contribution in [-0.4, -0.2) is 4.98 Å². The zero-order valence-corrected chi connectivity index (χ0v) is 11.1. The minimum atomic E-state index is 0.140. The van der Waals surface area contributed by atoms with Gasteiger partial charge in [-0.3, -0.25) is 4.98 Å². The highest BCUT2D eigenvalue weighted by molar-refractivity contribution is 5.30. The van der Waals surface area contributed by atoms with Crippen LogP contribution >= 0.6 is 0 Å². The molecule has 0 saturated heterocycles. The highest BCUT2D eigenvalue weighted by Crippen LogP contribution is 2.27. The van der Waals surface area contributed by atoms with Crippen molar-refractivity contribution in [2.24, 2.45) is 0 Å². The van der Waals surface area contributed by atoms with Gasteiger partial charge in [0.2, 0.25) is 0 Å². The van der Waals surface area contributed by atoms with Crippen molar-refractivity contribution in [3.63, 3.8) is 0 Å². The van der Waals surface area contributed by atoms with Crippen molar-refractivity contribution in [2.45, 2.75) is 59.3 Å². The number of rotatable bonds is 0. The standard InChI is InChI=1S/C14H23N/c1-10-11(13(2,3)4)8-9-12(15-10)14(5,6)7/h8-9H,1-7H3. The second-order valence-corrected chi connectivity index (χ2v) is 6.33. The van der Waals surface area contributed by atoms with E-state index in [1.807, 2.05) is 0 Å². The molecule has 0 amide bonds. The Bertz CT molecular complexity index is 351. The predicted molar refractivity (Wildman–Crippen MR) is 66.4 cm³/mol. The first kappa shape index (κ1) is 12.2. The van der Waals surface area contributed by atoms with Crippen molar-refractivity contribution in [3.05, 3.63) is 29.1 Å². The summed E-state index contributed by atoms with van der Waals surface area (Å²) < 4.78 is 0. The third-order valence-electron chi connectivity index (χ3n) is 2.66. The third-order valence-corrected chi connectivity index (χ3v) is 2.66. The van der Waals surface area contributed by atoms with Gasteiger partial charge in [-0.1, -0.05) is 47.6 Å². The molecule has 0 N–H and O–H groups in total. The monoisotopic (exact) mass is 205 g/mol. The predicted octanol–water partition coefficient (Wildman–Crippen LogP) is 3.99. The molecule has 0 aliphatic rings. The van der Waals surface area contributed by atoms with Crippen LogP contribution in [0.3, 0.4) is 0 Å². The number of aryl methyl sites for hydroxylation is 1. The lowest BCUT2D eigenvalue weighted by Crippen LogP contribution is -2.18. The van der Waals surface area contributed by atoms with Crippen molar-refractivity contribution in [1.29, 1.82) is 0 Å². The van der Waals surface area contributed by atoms with E-state index in [1.54, 1.807) is 0 Å². The van der Waals surface area contributed by atoms with Crippen LogP contribution in [0.25, 0.3) is 0 Å². The number of nitrogens with zero attached hydrogens (tertiary/aromatic N) is 1. The van der Waals surface area contributed by atoms with E-state index in [-0.39, 0.29) is 10.8 Å². The van der Waals surface area contributed by atoms with E-state index in [9.17, 15) is 0 Å². The lowest BCUT2D eigenvalue weighted by molar-refractivity contribution is 0.551. The molecule has 0 bridgehead atoms. The summed E-state index contributed by atoms with van der Waals surface area (Å²) in [7, 11) is 0. The highest BCUT2D eigenvalue weighted by Gasteiger charge is 2.20. The average Bonchev–Trinajstić information content (AvgIpc) is 1.99. The fourth-order valence-corrected chi connectivity index (χ4v) is 1.77. The maximum Gasteiger partial charge on any atom is 0.0460 e. The Morgan fingerprint density at radius 2 is 1.40 bits per heavy atom. The van der Waals surface area contributed by atoms with Crippen LogP contribution in [0.4, 0.5) is 0 Å². The quantitative estimate of drug-likeness (QED) is 0.624. The van der Waals surface area contributed by atoms with Crippen LogP contribution < -0.4 is 0 Å². The van der Waals surface area contributed by atoms with Crippen molar-refractivity contribution in [3.8, 4) is 0 Å². The van der Waals surface area contributed by atoms with Gasteiger partial charge in [0.15, 0.2) is 0 Å². The van der Waals surface area contributed by atoms with Gasteiger partial charge in [0.05, 0.1) is 0 Å². The number of pyridine rings is 1. The second kappa shape index (κ2) is 3.62. The van der Waals surface area contributed by atoms with Gasteiger partial charge >= 0.3 is 0 Å². The Balaban J connectivity index is 3.21. The second-order valence-electron chi connectivity index (χ2n) is 6.33. The van der Waals surface area contributed by atoms with Gasteiger partial charge in [-0.2, -0.15) is 0 Å². The van der Waals surface area contributed by atoms with E-state index in [2.05, 4.69) is 60.6 Å². The fraction of sp³-hybridized carbons (Fsp3) is 0.643. The molecule has 0 saturated carbocycles. The largest absolute Gasteiger partial charge is 0.257 e. The van der Waals surface area contributed by atoms with Gasteiger partial charge in [-0.05, 0) is 24.0 Å². The molecular weight excluding hydrogens is 182 g/mol. The molecule has 1 heteroatoms. The van der Waals surface area contributed by atoms with Crippen molar-refractivity contribution < 1.29 is 0 Å². The Labute approximate surface area is 93.9 Å². The van der Waals surface area contributed by atoms with E-state index >= 15 is 0 Å². The smallest absolute Gasteiger partial charge is 0.0460 e.